The molecule has 0 radical (unpaired) electrons. The second kappa shape index (κ2) is 7.95. The Bertz CT molecular complexity index is 1220. The van der Waals surface area contributed by atoms with E-state index in [1.807, 2.05) is 32.0 Å². The highest BCUT2D eigenvalue weighted by molar-refractivity contribution is 7.99. The van der Waals surface area contributed by atoms with E-state index >= 15 is 0 Å². The van der Waals surface area contributed by atoms with Crippen molar-refractivity contribution in [3.63, 3.8) is 0 Å². The highest BCUT2D eigenvalue weighted by atomic mass is 32.2. The number of nitrogens with zero attached hydrogens (tertiary/aromatic N) is 3. The van der Waals surface area contributed by atoms with Gasteiger partial charge in [0.05, 0.1) is 11.3 Å². The Morgan fingerprint density at radius 1 is 1.10 bits per heavy atom. The minimum atomic E-state index is -0.609. The standard InChI is InChI=1S/C22H22N4O3S/c1-13-8-9-15(10-14(13)2)23-20(27)18-11-30-12-26(18)22(29)19-16-6-4-5-7-17(16)21(28)25(3)24-19/h4-10,18H,11-12H2,1-3H3,(H,23,27). The monoisotopic (exact) mass is 422 g/mol. The van der Waals surface area contributed by atoms with Crippen molar-refractivity contribution in [1.82, 2.24) is 14.7 Å². The molecule has 2 heterocycles. The zero-order chi connectivity index (χ0) is 21.4. The van der Waals surface area contributed by atoms with E-state index in [9.17, 15) is 14.4 Å². The van der Waals surface area contributed by atoms with Crippen LogP contribution in [-0.2, 0) is 11.8 Å². The Kier molecular flexibility index (Phi) is 5.34. The van der Waals surface area contributed by atoms with Crippen molar-refractivity contribution in [2.75, 3.05) is 16.9 Å². The lowest BCUT2D eigenvalue weighted by atomic mass is 10.1. The summed E-state index contributed by atoms with van der Waals surface area (Å²) in [4.78, 5) is 40.2. The van der Waals surface area contributed by atoms with Crippen LogP contribution < -0.4 is 10.9 Å². The van der Waals surface area contributed by atoms with Crippen LogP contribution in [0.3, 0.4) is 0 Å². The van der Waals surface area contributed by atoms with Crippen LogP contribution in [0.4, 0.5) is 5.69 Å². The van der Waals surface area contributed by atoms with Gasteiger partial charge in [0.1, 0.15) is 6.04 Å². The first-order valence-electron chi connectivity index (χ1n) is 9.59. The van der Waals surface area contributed by atoms with Crippen LogP contribution in [0.5, 0.6) is 0 Å². The van der Waals surface area contributed by atoms with Crippen molar-refractivity contribution >= 4 is 40.0 Å². The number of fused-ring (bicyclic) bond motifs is 1. The van der Waals surface area contributed by atoms with E-state index in [1.54, 1.807) is 24.3 Å². The summed E-state index contributed by atoms with van der Waals surface area (Å²) in [5.41, 5.74) is 2.86. The van der Waals surface area contributed by atoms with Gasteiger partial charge in [-0.2, -0.15) is 5.10 Å². The third kappa shape index (κ3) is 3.59. The molecule has 3 aromatic rings. The number of benzene rings is 2. The average Bonchev–Trinajstić information content (AvgIpc) is 3.23. The predicted molar refractivity (Wildman–Crippen MR) is 119 cm³/mol. The van der Waals surface area contributed by atoms with Crippen molar-refractivity contribution < 1.29 is 9.59 Å². The summed E-state index contributed by atoms with van der Waals surface area (Å²) in [6.07, 6.45) is 0. The number of carbonyl (C=O) groups is 2. The Morgan fingerprint density at radius 2 is 1.83 bits per heavy atom. The zero-order valence-electron chi connectivity index (χ0n) is 17.0. The maximum Gasteiger partial charge on any atom is 0.276 e. The Hall–Kier alpha value is -3.13. The first-order chi connectivity index (χ1) is 14.4. The number of nitrogens with one attached hydrogen (secondary N) is 1. The first kappa shape index (κ1) is 20.2. The number of carbonyl (C=O) groups excluding carboxylic acids is 2. The number of anilines is 1. The lowest BCUT2D eigenvalue weighted by Crippen LogP contribution is -2.45. The fraction of sp³-hybridized carbons (Fsp3) is 0.273. The van der Waals surface area contributed by atoms with Crippen LogP contribution in [-0.4, -0.2) is 44.2 Å². The van der Waals surface area contributed by atoms with Crippen molar-refractivity contribution in [2.24, 2.45) is 7.05 Å². The molecule has 30 heavy (non-hydrogen) atoms. The summed E-state index contributed by atoms with van der Waals surface area (Å²) in [7, 11) is 1.52. The quantitative estimate of drug-likeness (QED) is 0.702. The van der Waals surface area contributed by atoms with Gasteiger partial charge in [-0.1, -0.05) is 24.3 Å². The number of thioether (sulfide) groups is 1. The van der Waals surface area contributed by atoms with Gasteiger partial charge in [-0.05, 0) is 43.2 Å². The predicted octanol–water partition coefficient (Wildman–Crippen LogP) is 2.70. The number of rotatable bonds is 3. The third-order valence-electron chi connectivity index (χ3n) is 5.38. The first-order valence-corrected chi connectivity index (χ1v) is 10.7. The minimum absolute atomic E-state index is 0.180. The smallest absolute Gasteiger partial charge is 0.276 e. The molecule has 7 nitrogen and oxygen atoms in total. The zero-order valence-corrected chi connectivity index (χ0v) is 17.8. The van der Waals surface area contributed by atoms with Crippen molar-refractivity contribution in [3.05, 3.63) is 69.6 Å². The van der Waals surface area contributed by atoms with Gasteiger partial charge in [0.2, 0.25) is 5.91 Å². The topological polar surface area (TPSA) is 84.3 Å². The van der Waals surface area contributed by atoms with Gasteiger partial charge in [-0.25, -0.2) is 4.68 Å². The minimum Gasteiger partial charge on any atom is -0.324 e. The second-order valence-electron chi connectivity index (χ2n) is 7.40. The average molecular weight is 423 g/mol. The molecule has 1 unspecified atom stereocenters. The number of hydrogen-bond acceptors (Lipinski definition) is 5. The number of aryl methyl sites for hydroxylation is 3. The Balaban J connectivity index is 1.64. The fourth-order valence-electron chi connectivity index (χ4n) is 3.50. The maximum absolute atomic E-state index is 13.3. The van der Waals surface area contributed by atoms with Crippen LogP contribution in [0.1, 0.15) is 21.6 Å². The summed E-state index contributed by atoms with van der Waals surface area (Å²) in [5.74, 6) is 0.312. The summed E-state index contributed by atoms with van der Waals surface area (Å²) < 4.78 is 1.17. The van der Waals surface area contributed by atoms with E-state index in [2.05, 4.69) is 10.4 Å². The van der Waals surface area contributed by atoms with E-state index in [0.29, 0.717) is 28.1 Å². The molecule has 0 bridgehead atoms. The molecule has 2 aromatic carbocycles. The highest BCUT2D eigenvalue weighted by Gasteiger charge is 2.36. The fourth-order valence-corrected chi connectivity index (χ4v) is 4.65. The van der Waals surface area contributed by atoms with Crippen LogP contribution in [0.2, 0.25) is 0 Å². The van der Waals surface area contributed by atoms with Crippen molar-refractivity contribution in [2.45, 2.75) is 19.9 Å². The van der Waals surface area contributed by atoms with E-state index < -0.39 is 6.04 Å². The molecular formula is C22H22N4O3S. The normalized spacial score (nSPS) is 16.1. The van der Waals surface area contributed by atoms with Gasteiger partial charge in [0, 0.05) is 23.9 Å². The molecule has 0 spiro atoms. The lowest BCUT2D eigenvalue weighted by Gasteiger charge is -2.23. The molecule has 1 saturated heterocycles. The van der Waals surface area contributed by atoms with Gasteiger partial charge >= 0.3 is 0 Å². The Morgan fingerprint density at radius 3 is 2.57 bits per heavy atom. The molecule has 1 aliphatic rings. The molecule has 1 aromatic heterocycles. The van der Waals surface area contributed by atoms with E-state index in [0.717, 1.165) is 11.1 Å². The molecule has 0 aliphatic carbocycles. The van der Waals surface area contributed by atoms with Crippen LogP contribution in [0.25, 0.3) is 10.8 Å². The van der Waals surface area contributed by atoms with Crippen LogP contribution >= 0.6 is 11.8 Å². The molecule has 4 rings (SSSR count). The van der Waals surface area contributed by atoms with Gasteiger partial charge < -0.3 is 10.2 Å². The van der Waals surface area contributed by atoms with Gasteiger partial charge in [-0.15, -0.1) is 11.8 Å². The maximum atomic E-state index is 13.3. The van der Waals surface area contributed by atoms with Crippen LogP contribution in [0.15, 0.2) is 47.3 Å². The molecule has 0 saturated carbocycles. The molecule has 1 fully saturated rings. The summed E-state index contributed by atoms with van der Waals surface area (Å²) in [5, 5.41) is 8.07. The number of aromatic nitrogens is 2. The van der Waals surface area contributed by atoms with Gasteiger partial charge in [0.15, 0.2) is 5.69 Å². The molecule has 1 atom stereocenters. The lowest BCUT2D eigenvalue weighted by molar-refractivity contribution is -0.119. The Labute approximate surface area is 178 Å². The number of hydrogen-bond donors (Lipinski definition) is 1. The van der Waals surface area contributed by atoms with E-state index in [4.69, 9.17) is 0 Å². The largest absolute Gasteiger partial charge is 0.324 e. The van der Waals surface area contributed by atoms with Gasteiger partial charge in [0.25, 0.3) is 11.5 Å². The van der Waals surface area contributed by atoms with Crippen molar-refractivity contribution in [3.8, 4) is 0 Å². The third-order valence-corrected chi connectivity index (χ3v) is 6.39. The molecule has 1 aliphatic heterocycles. The highest BCUT2D eigenvalue weighted by Crippen LogP contribution is 2.26. The molecule has 8 heteroatoms. The van der Waals surface area contributed by atoms with Crippen molar-refractivity contribution in [1.29, 1.82) is 0 Å². The summed E-state index contributed by atoms with van der Waals surface area (Å²) >= 11 is 1.52. The second-order valence-corrected chi connectivity index (χ2v) is 8.40. The summed E-state index contributed by atoms with van der Waals surface area (Å²) in [6.45, 7) is 4.00. The van der Waals surface area contributed by atoms with E-state index in [-0.39, 0.29) is 23.1 Å². The SMILES string of the molecule is Cc1ccc(NC(=O)C2CSCN2C(=O)c2nn(C)c(=O)c3ccccc23)cc1C. The molecular weight excluding hydrogens is 400 g/mol. The summed E-state index contributed by atoms with van der Waals surface area (Å²) in [6, 6.07) is 12.0. The number of amides is 2. The van der Waals surface area contributed by atoms with Gasteiger partial charge in [-0.3, -0.25) is 14.4 Å². The molecule has 154 valence electrons. The van der Waals surface area contributed by atoms with Crippen LogP contribution in [0, 0.1) is 13.8 Å². The van der Waals surface area contributed by atoms with E-state index in [1.165, 1.54) is 28.4 Å². The molecule has 1 N–H and O–H groups in total. The molecule has 2 amide bonds.